The Hall–Kier alpha value is -1.17. The van der Waals surface area contributed by atoms with Crippen LogP contribution in [-0.4, -0.2) is 20.0 Å². The molecule has 1 aromatic carbocycles. The van der Waals surface area contributed by atoms with Gasteiger partial charge in [0, 0.05) is 15.7 Å². The number of hydrogen-bond donors (Lipinski definition) is 0. The number of thiophene rings is 1. The molecule has 26 heavy (non-hydrogen) atoms. The molecule has 2 aromatic rings. The predicted molar refractivity (Wildman–Crippen MR) is 109 cm³/mol. The van der Waals surface area contributed by atoms with Crippen molar-refractivity contribution in [3.05, 3.63) is 52.2 Å². The van der Waals surface area contributed by atoms with E-state index in [0.717, 1.165) is 10.4 Å². The van der Waals surface area contributed by atoms with Crippen LogP contribution >= 0.6 is 22.9 Å². The number of carbonyl (C=O) groups is 1. The second kappa shape index (κ2) is 8.24. The van der Waals surface area contributed by atoms with Crippen molar-refractivity contribution in [2.45, 2.75) is 61.7 Å². The Morgan fingerprint density at radius 3 is 2.31 bits per heavy atom. The van der Waals surface area contributed by atoms with Crippen LogP contribution in [0, 0.1) is 6.92 Å². The molecule has 0 saturated carbocycles. The quantitative estimate of drug-likeness (QED) is 0.455. The summed E-state index contributed by atoms with van der Waals surface area (Å²) in [6.07, 6.45) is 0.0788. The van der Waals surface area contributed by atoms with Crippen molar-refractivity contribution in [1.29, 1.82) is 0 Å². The van der Waals surface area contributed by atoms with Gasteiger partial charge in [0.15, 0.2) is 0 Å². The average molecular weight is 413 g/mol. The van der Waals surface area contributed by atoms with Crippen molar-refractivity contribution in [1.82, 2.24) is 0 Å². The fourth-order valence-electron chi connectivity index (χ4n) is 2.60. The van der Waals surface area contributed by atoms with Gasteiger partial charge in [0.1, 0.15) is 9.81 Å². The Balaban J connectivity index is 2.32. The minimum atomic E-state index is -1.49. The van der Waals surface area contributed by atoms with E-state index in [1.54, 1.807) is 6.92 Å². The molecule has 6 heteroatoms. The lowest BCUT2D eigenvalue weighted by Crippen LogP contribution is -2.35. The smallest absolute Gasteiger partial charge is 0.307 e. The molecule has 0 saturated heterocycles. The predicted octanol–water partition coefficient (Wildman–Crippen LogP) is 5.63. The van der Waals surface area contributed by atoms with Crippen molar-refractivity contribution in [2.75, 3.05) is 0 Å². The second-order valence-electron chi connectivity index (χ2n) is 7.43. The number of alkyl halides is 1. The van der Waals surface area contributed by atoms with E-state index < -0.39 is 26.5 Å². The summed E-state index contributed by atoms with van der Waals surface area (Å²) in [6.45, 7) is 9.20. The van der Waals surface area contributed by atoms with E-state index in [0.29, 0.717) is 4.90 Å². The van der Waals surface area contributed by atoms with Crippen LogP contribution in [0.15, 0.2) is 46.7 Å². The Morgan fingerprint density at radius 2 is 1.81 bits per heavy atom. The lowest BCUT2D eigenvalue weighted by molar-refractivity contribution is -0.155. The van der Waals surface area contributed by atoms with Crippen molar-refractivity contribution in [3.8, 4) is 0 Å². The monoisotopic (exact) mass is 412 g/mol. The number of halogens is 1. The van der Waals surface area contributed by atoms with E-state index in [1.807, 2.05) is 69.5 Å². The number of carbonyl (C=O) groups excluding carboxylic acids is 1. The summed E-state index contributed by atoms with van der Waals surface area (Å²) < 4.78 is 17.5. The number of ether oxygens (including phenoxy) is 1. The Bertz CT molecular complexity index is 759. The van der Waals surface area contributed by atoms with Gasteiger partial charge in [-0.3, -0.25) is 9.00 Å². The Labute approximate surface area is 167 Å². The molecule has 3 atom stereocenters. The normalized spacial score (nSPS) is 16.5. The molecule has 0 amide bonds. The molecule has 0 spiro atoms. The van der Waals surface area contributed by atoms with Gasteiger partial charge in [0.05, 0.1) is 17.2 Å². The molecule has 0 fully saturated rings. The molecule has 0 aliphatic carbocycles. The molecule has 0 N–H and O–H groups in total. The molecule has 1 heterocycles. The maximum atomic E-state index is 13.2. The molecular formula is C20H25ClO3S2. The van der Waals surface area contributed by atoms with Gasteiger partial charge in [-0.05, 0) is 58.2 Å². The maximum absolute atomic E-state index is 13.2. The zero-order valence-corrected chi connectivity index (χ0v) is 18.1. The summed E-state index contributed by atoms with van der Waals surface area (Å²) >= 11 is 8.34. The number of aryl methyl sites for hydroxylation is 1. The van der Waals surface area contributed by atoms with Crippen LogP contribution in [0.25, 0.3) is 0 Å². The fraction of sp³-hybridized carbons (Fsp3) is 0.450. The third-order valence-electron chi connectivity index (χ3n) is 3.90. The highest BCUT2D eigenvalue weighted by molar-refractivity contribution is 7.88. The van der Waals surface area contributed by atoms with Crippen LogP contribution in [0.3, 0.4) is 0 Å². The first-order chi connectivity index (χ1) is 12.0. The van der Waals surface area contributed by atoms with E-state index in [2.05, 4.69) is 0 Å². The first kappa shape index (κ1) is 21.1. The number of rotatable bonds is 6. The number of esters is 1. The zero-order chi connectivity index (χ0) is 19.5. The van der Waals surface area contributed by atoms with E-state index >= 15 is 0 Å². The highest BCUT2D eigenvalue weighted by Crippen LogP contribution is 2.43. The molecule has 1 aromatic heterocycles. The molecule has 3 nitrogen and oxygen atoms in total. The van der Waals surface area contributed by atoms with Crippen LogP contribution in [0.1, 0.15) is 50.5 Å². The van der Waals surface area contributed by atoms with E-state index in [-0.39, 0.29) is 12.4 Å². The summed E-state index contributed by atoms with van der Waals surface area (Å²) in [7, 11) is -1.49. The van der Waals surface area contributed by atoms with Gasteiger partial charge in [-0.25, -0.2) is 0 Å². The lowest BCUT2D eigenvalue weighted by atomic mass is 9.99. The minimum Gasteiger partial charge on any atom is -0.460 e. The molecular weight excluding hydrogens is 388 g/mol. The summed E-state index contributed by atoms with van der Waals surface area (Å²) in [5.74, 6) is -0.759. The van der Waals surface area contributed by atoms with Gasteiger partial charge >= 0.3 is 5.97 Å². The molecule has 142 valence electrons. The van der Waals surface area contributed by atoms with E-state index in [9.17, 15) is 9.00 Å². The topological polar surface area (TPSA) is 43.4 Å². The van der Waals surface area contributed by atoms with Gasteiger partial charge in [-0.1, -0.05) is 23.8 Å². The first-order valence-electron chi connectivity index (χ1n) is 8.43. The summed E-state index contributed by atoms with van der Waals surface area (Å²) in [4.78, 5) is 14.0. The van der Waals surface area contributed by atoms with Crippen molar-refractivity contribution < 1.29 is 13.7 Å². The van der Waals surface area contributed by atoms with E-state index in [4.69, 9.17) is 16.3 Å². The van der Waals surface area contributed by atoms with Crippen LogP contribution in [0.5, 0.6) is 0 Å². The highest BCUT2D eigenvalue weighted by atomic mass is 35.5. The number of benzene rings is 1. The molecule has 0 aliphatic heterocycles. The molecule has 1 unspecified atom stereocenters. The fourth-order valence-corrected chi connectivity index (χ4v) is 5.47. The molecule has 0 aliphatic rings. The largest absolute Gasteiger partial charge is 0.460 e. The number of hydrogen-bond acceptors (Lipinski definition) is 4. The molecule has 0 radical (unpaired) electrons. The van der Waals surface area contributed by atoms with Gasteiger partial charge in [-0.15, -0.1) is 22.9 Å². The average Bonchev–Trinajstić information content (AvgIpc) is 3.04. The lowest BCUT2D eigenvalue weighted by Gasteiger charge is -2.31. The summed E-state index contributed by atoms with van der Waals surface area (Å²) in [6, 6.07) is 11.3. The van der Waals surface area contributed by atoms with Crippen molar-refractivity contribution in [3.63, 3.8) is 0 Å². The Morgan fingerprint density at radius 1 is 1.19 bits per heavy atom. The zero-order valence-electron chi connectivity index (χ0n) is 15.7. The van der Waals surface area contributed by atoms with E-state index in [1.165, 1.54) is 11.3 Å². The first-order valence-corrected chi connectivity index (χ1v) is 10.8. The van der Waals surface area contributed by atoms with Crippen LogP contribution in [0.4, 0.5) is 0 Å². The standard InChI is InChI=1S/C20H25ClO3S2/c1-14-8-10-15(11-9-14)26(23)20(5,21)16(17-7-6-12-25-17)13-18(22)24-19(2,3)4/h6-12,16H,13H2,1-5H3/t16-,20-,26?/m1/s1. The SMILES string of the molecule is Cc1ccc(S(=O)[C@@](C)(Cl)[C@H](CC(=O)OC(C)(C)C)c2cccs2)cc1. The van der Waals surface area contributed by atoms with Gasteiger partial charge in [0.2, 0.25) is 0 Å². The Kier molecular flexibility index (Phi) is 6.70. The minimum absolute atomic E-state index is 0.0788. The highest BCUT2D eigenvalue weighted by Gasteiger charge is 2.42. The van der Waals surface area contributed by atoms with Crippen LogP contribution < -0.4 is 0 Å². The second-order valence-corrected chi connectivity index (χ2v) is 11.3. The summed E-state index contributed by atoms with van der Waals surface area (Å²) in [5.41, 5.74) is 0.515. The van der Waals surface area contributed by atoms with Crippen LogP contribution in [-0.2, 0) is 20.3 Å². The molecule has 2 rings (SSSR count). The third-order valence-corrected chi connectivity index (χ3v) is 7.28. The molecule has 0 bridgehead atoms. The van der Waals surface area contributed by atoms with Gasteiger partial charge in [0.25, 0.3) is 0 Å². The van der Waals surface area contributed by atoms with Gasteiger partial charge < -0.3 is 4.74 Å². The van der Waals surface area contributed by atoms with Crippen LogP contribution in [0.2, 0.25) is 0 Å². The third kappa shape index (κ3) is 5.41. The van der Waals surface area contributed by atoms with Crippen molar-refractivity contribution in [2.24, 2.45) is 0 Å². The maximum Gasteiger partial charge on any atom is 0.307 e. The van der Waals surface area contributed by atoms with Crippen molar-refractivity contribution >= 4 is 39.7 Å². The summed E-state index contributed by atoms with van der Waals surface area (Å²) in [5, 5.41) is 1.93. The van der Waals surface area contributed by atoms with Gasteiger partial charge in [-0.2, -0.15) is 0 Å².